The smallest absolute Gasteiger partial charge is 0.151 e. The van der Waals surface area contributed by atoms with E-state index in [0.717, 1.165) is 50.3 Å². The third-order valence-corrected chi connectivity index (χ3v) is 4.86. The third kappa shape index (κ3) is 3.29. The van der Waals surface area contributed by atoms with E-state index in [1.807, 2.05) is 17.7 Å². The Morgan fingerprint density at radius 2 is 2.08 bits per heavy atom. The van der Waals surface area contributed by atoms with Crippen LogP contribution in [0.15, 0.2) is 18.3 Å². The molecule has 24 heavy (non-hydrogen) atoms. The second kappa shape index (κ2) is 6.51. The molecule has 2 aliphatic rings. The van der Waals surface area contributed by atoms with Crippen LogP contribution in [0.4, 0.5) is 5.82 Å². The molecule has 1 saturated carbocycles. The van der Waals surface area contributed by atoms with Crippen molar-refractivity contribution in [2.24, 2.45) is 5.92 Å². The first-order valence-corrected chi connectivity index (χ1v) is 8.92. The molecule has 6 heteroatoms. The molecule has 1 fully saturated rings. The molecular formula is C18H25N5O. The van der Waals surface area contributed by atoms with Gasteiger partial charge in [0.25, 0.3) is 0 Å². The van der Waals surface area contributed by atoms with Crippen LogP contribution < -0.4 is 4.90 Å². The number of fused-ring (bicyclic) bond motifs is 1. The van der Waals surface area contributed by atoms with Crippen molar-refractivity contribution in [1.29, 1.82) is 0 Å². The van der Waals surface area contributed by atoms with Gasteiger partial charge in [-0.25, -0.2) is 0 Å². The Bertz CT molecular complexity index is 692. The lowest BCUT2D eigenvalue weighted by Crippen LogP contribution is -2.36. The lowest BCUT2D eigenvalue weighted by Gasteiger charge is -2.32. The first-order chi connectivity index (χ1) is 11.7. The van der Waals surface area contributed by atoms with Gasteiger partial charge in [0.15, 0.2) is 5.82 Å². The van der Waals surface area contributed by atoms with E-state index in [2.05, 4.69) is 34.3 Å². The van der Waals surface area contributed by atoms with Crippen LogP contribution in [0.2, 0.25) is 0 Å². The minimum atomic E-state index is 0.295. The highest BCUT2D eigenvalue weighted by Crippen LogP contribution is 2.32. The van der Waals surface area contributed by atoms with Crippen molar-refractivity contribution in [3.05, 3.63) is 35.3 Å². The highest BCUT2D eigenvalue weighted by molar-refractivity contribution is 5.43. The zero-order chi connectivity index (χ0) is 16.5. The van der Waals surface area contributed by atoms with Crippen molar-refractivity contribution in [3.63, 3.8) is 0 Å². The molecule has 1 atom stereocenters. The van der Waals surface area contributed by atoms with E-state index < -0.39 is 0 Å². The van der Waals surface area contributed by atoms with Crippen molar-refractivity contribution in [2.75, 3.05) is 24.7 Å². The standard InChI is InChI=1S/C18H25N5O/c1-3-23-10-15-8-22(17-7-4-13(2)19-20-17)9-16(18(15)21-23)12-24-11-14-5-6-14/h4,7,10,14,16H,3,5-6,8-9,11-12H2,1-2H3. The quantitative estimate of drug-likeness (QED) is 0.816. The summed E-state index contributed by atoms with van der Waals surface area (Å²) in [7, 11) is 0. The summed E-state index contributed by atoms with van der Waals surface area (Å²) in [5.74, 6) is 2.02. The Morgan fingerprint density at radius 3 is 2.79 bits per heavy atom. The maximum atomic E-state index is 5.99. The lowest BCUT2D eigenvalue weighted by atomic mass is 9.97. The number of hydrogen-bond acceptors (Lipinski definition) is 5. The summed E-state index contributed by atoms with van der Waals surface area (Å²) < 4.78 is 8.02. The second-order valence-corrected chi connectivity index (χ2v) is 6.99. The van der Waals surface area contributed by atoms with Gasteiger partial charge in [-0.2, -0.15) is 10.2 Å². The average molecular weight is 327 g/mol. The highest BCUT2D eigenvalue weighted by Gasteiger charge is 2.30. The van der Waals surface area contributed by atoms with Gasteiger partial charge in [0.1, 0.15) is 0 Å². The molecule has 0 bridgehead atoms. The van der Waals surface area contributed by atoms with E-state index in [1.165, 1.54) is 24.1 Å². The first-order valence-electron chi connectivity index (χ1n) is 8.92. The molecule has 1 aliphatic heterocycles. The Hall–Kier alpha value is -1.95. The molecule has 3 heterocycles. The monoisotopic (exact) mass is 327 g/mol. The fourth-order valence-electron chi connectivity index (χ4n) is 3.26. The van der Waals surface area contributed by atoms with E-state index in [0.29, 0.717) is 5.92 Å². The van der Waals surface area contributed by atoms with Gasteiger partial charge in [0.2, 0.25) is 0 Å². The number of anilines is 1. The summed E-state index contributed by atoms with van der Waals surface area (Å²) in [4.78, 5) is 2.29. The molecule has 0 spiro atoms. The summed E-state index contributed by atoms with van der Waals surface area (Å²) in [5.41, 5.74) is 3.43. The zero-order valence-electron chi connectivity index (χ0n) is 14.5. The van der Waals surface area contributed by atoms with Crippen molar-refractivity contribution in [2.45, 2.75) is 45.7 Å². The SMILES string of the molecule is CCn1cc2c(n1)C(COCC1CC1)CN(c1ccc(C)nn1)C2. The first kappa shape index (κ1) is 15.6. The fraction of sp³-hybridized carbons (Fsp3) is 0.611. The molecule has 0 saturated heterocycles. The van der Waals surface area contributed by atoms with Crippen LogP contribution in [0.25, 0.3) is 0 Å². The van der Waals surface area contributed by atoms with E-state index in [1.54, 1.807) is 0 Å². The molecule has 0 radical (unpaired) electrons. The van der Waals surface area contributed by atoms with E-state index in [9.17, 15) is 0 Å². The Kier molecular flexibility index (Phi) is 4.22. The second-order valence-electron chi connectivity index (χ2n) is 6.99. The number of rotatable bonds is 6. The van der Waals surface area contributed by atoms with Gasteiger partial charge in [0, 0.05) is 43.9 Å². The van der Waals surface area contributed by atoms with Crippen LogP contribution in [0.3, 0.4) is 0 Å². The van der Waals surface area contributed by atoms with Crippen molar-refractivity contribution >= 4 is 5.82 Å². The number of aromatic nitrogens is 4. The minimum absolute atomic E-state index is 0.295. The van der Waals surface area contributed by atoms with Gasteiger partial charge in [0.05, 0.1) is 18.0 Å². The molecule has 2 aromatic rings. The number of ether oxygens (including phenoxy) is 1. The average Bonchev–Trinajstić information content (AvgIpc) is 3.31. The van der Waals surface area contributed by atoms with Crippen LogP contribution in [0.5, 0.6) is 0 Å². The van der Waals surface area contributed by atoms with Crippen molar-refractivity contribution in [1.82, 2.24) is 20.0 Å². The molecule has 128 valence electrons. The largest absolute Gasteiger partial charge is 0.380 e. The number of nitrogens with zero attached hydrogens (tertiary/aromatic N) is 5. The highest BCUT2D eigenvalue weighted by atomic mass is 16.5. The molecule has 0 N–H and O–H groups in total. The molecular weight excluding hydrogens is 302 g/mol. The number of hydrogen-bond donors (Lipinski definition) is 0. The molecule has 0 aromatic carbocycles. The molecule has 6 nitrogen and oxygen atoms in total. The zero-order valence-corrected chi connectivity index (χ0v) is 14.5. The van der Waals surface area contributed by atoms with Crippen LogP contribution in [-0.4, -0.2) is 39.7 Å². The van der Waals surface area contributed by atoms with Crippen LogP contribution in [-0.2, 0) is 17.8 Å². The predicted octanol–water partition coefficient (Wildman–Crippen LogP) is 2.53. The van der Waals surface area contributed by atoms with Gasteiger partial charge in [-0.3, -0.25) is 4.68 Å². The van der Waals surface area contributed by atoms with Gasteiger partial charge < -0.3 is 9.64 Å². The molecule has 4 rings (SSSR count). The molecule has 1 unspecified atom stereocenters. The molecule has 2 aromatic heterocycles. The van der Waals surface area contributed by atoms with E-state index in [4.69, 9.17) is 9.84 Å². The normalized spacial score (nSPS) is 20.2. The van der Waals surface area contributed by atoms with E-state index in [-0.39, 0.29) is 0 Å². The molecule has 1 aliphatic carbocycles. The fourth-order valence-corrected chi connectivity index (χ4v) is 3.26. The predicted molar refractivity (Wildman–Crippen MR) is 92.0 cm³/mol. The van der Waals surface area contributed by atoms with Gasteiger partial charge >= 0.3 is 0 Å². The topological polar surface area (TPSA) is 56.1 Å². The van der Waals surface area contributed by atoms with Gasteiger partial charge in [-0.1, -0.05) is 0 Å². The van der Waals surface area contributed by atoms with Gasteiger partial charge in [-0.05, 0) is 44.7 Å². The van der Waals surface area contributed by atoms with Crippen LogP contribution in [0, 0.1) is 12.8 Å². The summed E-state index contributed by atoms with van der Waals surface area (Å²) >= 11 is 0. The minimum Gasteiger partial charge on any atom is -0.380 e. The summed E-state index contributed by atoms with van der Waals surface area (Å²) in [6.45, 7) is 8.34. The lowest BCUT2D eigenvalue weighted by molar-refractivity contribution is 0.109. The Morgan fingerprint density at radius 1 is 1.21 bits per heavy atom. The van der Waals surface area contributed by atoms with Crippen molar-refractivity contribution in [3.8, 4) is 0 Å². The van der Waals surface area contributed by atoms with Gasteiger partial charge in [-0.15, -0.1) is 5.10 Å². The number of aryl methyl sites for hydroxylation is 2. The van der Waals surface area contributed by atoms with Crippen LogP contribution in [0.1, 0.15) is 42.6 Å². The summed E-state index contributed by atoms with van der Waals surface area (Å²) in [5, 5.41) is 13.3. The van der Waals surface area contributed by atoms with Crippen molar-refractivity contribution < 1.29 is 4.74 Å². The maximum Gasteiger partial charge on any atom is 0.151 e. The molecule has 0 amide bonds. The Labute approximate surface area is 142 Å². The Balaban J connectivity index is 1.54. The summed E-state index contributed by atoms with van der Waals surface area (Å²) in [6.07, 6.45) is 4.81. The summed E-state index contributed by atoms with van der Waals surface area (Å²) in [6, 6.07) is 4.08. The maximum absolute atomic E-state index is 5.99. The van der Waals surface area contributed by atoms with E-state index >= 15 is 0 Å². The van der Waals surface area contributed by atoms with Crippen LogP contribution >= 0.6 is 0 Å². The third-order valence-electron chi connectivity index (χ3n) is 4.86.